The van der Waals surface area contributed by atoms with E-state index >= 15 is 0 Å². The fourth-order valence-electron chi connectivity index (χ4n) is 2.14. The van der Waals surface area contributed by atoms with Gasteiger partial charge in [0.15, 0.2) is 0 Å². The van der Waals surface area contributed by atoms with Gasteiger partial charge in [-0.1, -0.05) is 12.1 Å². The van der Waals surface area contributed by atoms with Crippen molar-refractivity contribution < 1.29 is 4.79 Å². The molecule has 0 bridgehead atoms. The van der Waals surface area contributed by atoms with E-state index in [0.717, 1.165) is 24.1 Å². The summed E-state index contributed by atoms with van der Waals surface area (Å²) >= 11 is 0. The van der Waals surface area contributed by atoms with Crippen molar-refractivity contribution in [3.05, 3.63) is 29.8 Å². The van der Waals surface area contributed by atoms with E-state index in [9.17, 15) is 4.79 Å². The zero-order valence-corrected chi connectivity index (χ0v) is 7.84. The van der Waals surface area contributed by atoms with Crippen LogP contribution in [0.2, 0.25) is 0 Å². The van der Waals surface area contributed by atoms with Gasteiger partial charge >= 0.3 is 0 Å². The normalized spacial score (nSPS) is 21.9. The molecule has 1 aromatic rings. The Bertz CT molecular complexity index is 396. The Labute approximate surface area is 82.5 Å². The fourth-order valence-corrected chi connectivity index (χ4v) is 2.14. The second kappa shape index (κ2) is 2.50. The third-order valence-electron chi connectivity index (χ3n) is 3.11. The molecule has 1 heterocycles. The summed E-state index contributed by atoms with van der Waals surface area (Å²) in [7, 11) is 0. The van der Waals surface area contributed by atoms with Crippen molar-refractivity contribution in [2.75, 3.05) is 5.32 Å². The minimum atomic E-state index is -0.133. The van der Waals surface area contributed by atoms with Gasteiger partial charge in [-0.25, -0.2) is 0 Å². The highest BCUT2D eigenvalue weighted by Crippen LogP contribution is 2.36. The Morgan fingerprint density at radius 2 is 1.93 bits per heavy atom. The topological polar surface area (TPSA) is 41.1 Å². The van der Waals surface area contributed by atoms with Gasteiger partial charge in [-0.3, -0.25) is 4.79 Å². The van der Waals surface area contributed by atoms with Crippen LogP contribution >= 0.6 is 0 Å². The van der Waals surface area contributed by atoms with Gasteiger partial charge in [0.2, 0.25) is 0 Å². The third kappa shape index (κ3) is 0.953. The van der Waals surface area contributed by atoms with Crippen molar-refractivity contribution in [2.24, 2.45) is 0 Å². The molecule has 1 fully saturated rings. The first-order valence-corrected chi connectivity index (χ1v) is 4.99. The van der Waals surface area contributed by atoms with Crippen molar-refractivity contribution in [2.45, 2.75) is 24.9 Å². The second-order valence-electron chi connectivity index (χ2n) is 4.06. The maximum absolute atomic E-state index is 11.7. The number of benzene rings is 1. The largest absolute Gasteiger partial charge is 0.362 e. The number of amides is 1. The van der Waals surface area contributed by atoms with Crippen LogP contribution in [0.5, 0.6) is 0 Å². The molecule has 3 nitrogen and oxygen atoms in total. The average Bonchev–Trinajstić information content (AvgIpc) is 2.15. The fraction of sp³-hybridized carbons (Fsp3) is 0.364. The standard InChI is InChI=1S/C11H12N2O/c14-10-8-4-1-2-5-9(8)12-11(13-10)6-3-7-11/h1-2,4-5,12H,3,6-7H2,(H,13,14). The van der Waals surface area contributed by atoms with E-state index in [-0.39, 0.29) is 11.6 Å². The Kier molecular flexibility index (Phi) is 1.40. The van der Waals surface area contributed by atoms with Gasteiger partial charge in [-0.2, -0.15) is 0 Å². The number of hydrogen-bond acceptors (Lipinski definition) is 2. The summed E-state index contributed by atoms with van der Waals surface area (Å²) in [5.41, 5.74) is 1.59. The molecule has 1 amide bonds. The van der Waals surface area contributed by atoms with Crippen molar-refractivity contribution in [3.63, 3.8) is 0 Å². The first-order valence-electron chi connectivity index (χ1n) is 4.99. The molecule has 0 aromatic heterocycles. The predicted molar refractivity (Wildman–Crippen MR) is 54.1 cm³/mol. The van der Waals surface area contributed by atoms with Crippen LogP contribution in [0.1, 0.15) is 29.6 Å². The Morgan fingerprint density at radius 3 is 2.64 bits per heavy atom. The zero-order chi connectivity index (χ0) is 9.60. The lowest BCUT2D eigenvalue weighted by atomic mass is 9.82. The van der Waals surface area contributed by atoms with Gasteiger partial charge in [-0.05, 0) is 31.4 Å². The summed E-state index contributed by atoms with van der Waals surface area (Å²) < 4.78 is 0. The number of carbonyl (C=O) groups excluding carboxylic acids is 1. The van der Waals surface area contributed by atoms with E-state index in [2.05, 4.69) is 10.6 Å². The summed E-state index contributed by atoms with van der Waals surface area (Å²) in [6.07, 6.45) is 3.26. The number of fused-ring (bicyclic) bond motifs is 1. The van der Waals surface area contributed by atoms with Gasteiger partial charge in [0.05, 0.1) is 5.56 Å². The number of anilines is 1. The molecule has 0 saturated heterocycles. The van der Waals surface area contributed by atoms with Gasteiger partial charge in [0.1, 0.15) is 5.66 Å². The van der Waals surface area contributed by atoms with Crippen LogP contribution in [0, 0.1) is 0 Å². The lowest BCUT2D eigenvalue weighted by Gasteiger charge is -2.46. The van der Waals surface area contributed by atoms with Gasteiger partial charge in [-0.15, -0.1) is 0 Å². The number of para-hydroxylation sites is 1. The minimum Gasteiger partial charge on any atom is -0.362 e. The molecule has 1 aliphatic heterocycles. The molecule has 1 spiro atoms. The Hall–Kier alpha value is -1.51. The molecular weight excluding hydrogens is 176 g/mol. The molecule has 3 rings (SSSR count). The molecule has 2 N–H and O–H groups in total. The summed E-state index contributed by atoms with van der Waals surface area (Å²) in [6.45, 7) is 0. The molecule has 0 atom stereocenters. The van der Waals surface area contributed by atoms with Crippen molar-refractivity contribution >= 4 is 11.6 Å². The first kappa shape index (κ1) is 7.85. The molecule has 1 aromatic carbocycles. The van der Waals surface area contributed by atoms with Crippen molar-refractivity contribution in [3.8, 4) is 0 Å². The molecule has 0 unspecified atom stereocenters. The molecule has 1 saturated carbocycles. The van der Waals surface area contributed by atoms with Crippen LogP contribution in [-0.4, -0.2) is 11.6 Å². The number of nitrogens with one attached hydrogen (secondary N) is 2. The number of carbonyl (C=O) groups is 1. The molecule has 2 aliphatic rings. The van der Waals surface area contributed by atoms with E-state index < -0.39 is 0 Å². The maximum atomic E-state index is 11.7. The zero-order valence-electron chi connectivity index (χ0n) is 7.84. The first-order chi connectivity index (χ1) is 6.79. The van der Waals surface area contributed by atoms with Crippen LogP contribution in [0.3, 0.4) is 0 Å². The number of rotatable bonds is 0. The lowest BCUT2D eigenvalue weighted by Crippen LogP contribution is -2.61. The SMILES string of the molecule is O=C1NC2(CCC2)Nc2ccccc21. The Morgan fingerprint density at radius 1 is 1.14 bits per heavy atom. The van der Waals surface area contributed by atoms with E-state index in [1.54, 1.807) is 0 Å². The third-order valence-corrected chi connectivity index (χ3v) is 3.11. The smallest absolute Gasteiger partial charge is 0.255 e. The summed E-state index contributed by atoms with van der Waals surface area (Å²) in [5.74, 6) is 0.0547. The van der Waals surface area contributed by atoms with Crippen molar-refractivity contribution in [1.29, 1.82) is 0 Å². The highest BCUT2D eigenvalue weighted by molar-refractivity contribution is 6.02. The van der Waals surface area contributed by atoms with E-state index in [1.165, 1.54) is 6.42 Å². The van der Waals surface area contributed by atoms with Gasteiger partial charge < -0.3 is 10.6 Å². The molecular formula is C11H12N2O. The van der Waals surface area contributed by atoms with Crippen LogP contribution in [-0.2, 0) is 0 Å². The quantitative estimate of drug-likeness (QED) is 0.651. The summed E-state index contributed by atoms with van der Waals surface area (Å²) in [5, 5.41) is 6.44. The number of hydrogen-bond donors (Lipinski definition) is 2. The van der Waals surface area contributed by atoms with Crippen molar-refractivity contribution in [1.82, 2.24) is 5.32 Å². The van der Waals surface area contributed by atoms with E-state index in [4.69, 9.17) is 0 Å². The highest BCUT2D eigenvalue weighted by Gasteiger charge is 2.41. The molecule has 3 heteroatoms. The predicted octanol–water partition coefficient (Wildman–Crippen LogP) is 1.72. The van der Waals surface area contributed by atoms with Crippen LogP contribution in [0.15, 0.2) is 24.3 Å². The van der Waals surface area contributed by atoms with Crippen LogP contribution in [0.4, 0.5) is 5.69 Å². The van der Waals surface area contributed by atoms with Gasteiger partial charge in [0.25, 0.3) is 5.91 Å². The van der Waals surface area contributed by atoms with Crippen LogP contribution < -0.4 is 10.6 Å². The molecule has 0 radical (unpaired) electrons. The molecule has 72 valence electrons. The Balaban J connectivity index is 2.04. The second-order valence-corrected chi connectivity index (χ2v) is 4.06. The van der Waals surface area contributed by atoms with E-state index in [1.807, 2.05) is 24.3 Å². The summed E-state index contributed by atoms with van der Waals surface area (Å²) in [4.78, 5) is 11.7. The van der Waals surface area contributed by atoms with Gasteiger partial charge in [0, 0.05) is 5.69 Å². The molecule has 1 aliphatic carbocycles. The van der Waals surface area contributed by atoms with Crippen LogP contribution in [0.25, 0.3) is 0 Å². The average molecular weight is 188 g/mol. The summed E-state index contributed by atoms with van der Waals surface area (Å²) in [6, 6.07) is 7.66. The highest BCUT2D eigenvalue weighted by atomic mass is 16.2. The monoisotopic (exact) mass is 188 g/mol. The lowest BCUT2D eigenvalue weighted by molar-refractivity contribution is 0.0844. The molecule has 14 heavy (non-hydrogen) atoms. The van der Waals surface area contributed by atoms with E-state index in [0.29, 0.717) is 0 Å². The maximum Gasteiger partial charge on any atom is 0.255 e. The minimum absolute atomic E-state index is 0.0547.